The highest BCUT2D eigenvalue weighted by Gasteiger charge is 2.42. The summed E-state index contributed by atoms with van der Waals surface area (Å²) in [5.74, 6) is 0.781. The van der Waals surface area contributed by atoms with Crippen LogP contribution in [0.25, 0.3) is 0 Å². The fourth-order valence-corrected chi connectivity index (χ4v) is 5.84. The van der Waals surface area contributed by atoms with E-state index < -0.39 is 10.0 Å². The summed E-state index contributed by atoms with van der Waals surface area (Å²) in [5, 5.41) is 0. The lowest BCUT2D eigenvalue weighted by Crippen LogP contribution is -2.43. The van der Waals surface area contributed by atoms with E-state index in [1.54, 1.807) is 29.6 Å². The monoisotopic (exact) mass is 351 g/mol. The zero-order chi connectivity index (χ0) is 17.3. The number of benzene rings is 1. The summed E-state index contributed by atoms with van der Waals surface area (Å²) >= 11 is 0. The lowest BCUT2D eigenvalue weighted by molar-refractivity contribution is -0.126. The molecule has 0 amide bonds. The Balaban J connectivity index is 1.90. The van der Waals surface area contributed by atoms with Gasteiger partial charge in [0.15, 0.2) is 0 Å². The molecule has 1 saturated carbocycles. The number of carbonyl (C=O) groups is 1. The van der Waals surface area contributed by atoms with Gasteiger partial charge in [-0.25, -0.2) is 8.42 Å². The number of Topliss-reactive ketones (excluding diaryl/α,β-unsaturated/α-hetero) is 1. The summed E-state index contributed by atoms with van der Waals surface area (Å²) in [5.41, 5.74) is 0.795. The van der Waals surface area contributed by atoms with Gasteiger partial charge in [-0.15, -0.1) is 0 Å². The second-order valence-corrected chi connectivity index (χ2v) is 8.67. The molecule has 0 radical (unpaired) electrons. The molecule has 0 unspecified atom stereocenters. The molecule has 1 saturated heterocycles. The first-order chi connectivity index (χ1) is 11.4. The number of rotatable bonds is 4. The summed E-state index contributed by atoms with van der Waals surface area (Å²) < 4.78 is 33.0. The second kappa shape index (κ2) is 6.84. The number of hydrogen-bond donors (Lipinski definition) is 0. The molecule has 0 bridgehead atoms. The van der Waals surface area contributed by atoms with Crippen molar-refractivity contribution in [1.82, 2.24) is 4.31 Å². The topological polar surface area (TPSA) is 63.7 Å². The summed E-state index contributed by atoms with van der Waals surface area (Å²) in [4.78, 5) is 12.6. The Morgan fingerprint density at radius 3 is 2.62 bits per heavy atom. The fraction of sp³-hybridized carbons (Fsp3) is 0.611. The van der Waals surface area contributed by atoms with Crippen molar-refractivity contribution in [3.8, 4) is 5.75 Å². The number of nitrogens with zero attached hydrogens (tertiary/aromatic N) is 1. The number of sulfonamides is 1. The highest BCUT2D eigenvalue weighted by atomic mass is 32.2. The molecule has 2 atom stereocenters. The van der Waals surface area contributed by atoms with Crippen molar-refractivity contribution in [3.05, 3.63) is 23.8 Å². The molecule has 1 aromatic rings. The smallest absolute Gasteiger partial charge is 0.243 e. The predicted molar refractivity (Wildman–Crippen MR) is 91.6 cm³/mol. The van der Waals surface area contributed by atoms with Crippen LogP contribution in [0.1, 0.15) is 44.1 Å². The third kappa shape index (κ3) is 3.09. The third-order valence-electron chi connectivity index (χ3n) is 5.29. The zero-order valence-corrected chi connectivity index (χ0v) is 15.1. The van der Waals surface area contributed by atoms with E-state index in [0.717, 1.165) is 37.7 Å². The SMILES string of the molecule is COc1ccc(S(=O)(=O)N2CCC[C@@H]2[C@@H]2CCCCC2=O)cc1C. The highest BCUT2D eigenvalue weighted by molar-refractivity contribution is 7.89. The number of aryl methyl sites for hydroxylation is 1. The Hall–Kier alpha value is -1.40. The molecule has 0 spiro atoms. The zero-order valence-electron chi connectivity index (χ0n) is 14.3. The lowest BCUT2D eigenvalue weighted by atomic mass is 9.82. The Kier molecular flexibility index (Phi) is 4.97. The summed E-state index contributed by atoms with van der Waals surface area (Å²) in [6, 6.07) is 4.77. The Labute approximate surface area is 144 Å². The van der Waals surface area contributed by atoms with E-state index in [0.29, 0.717) is 18.7 Å². The van der Waals surface area contributed by atoms with Gasteiger partial charge >= 0.3 is 0 Å². The minimum absolute atomic E-state index is 0.129. The first kappa shape index (κ1) is 17.4. The lowest BCUT2D eigenvalue weighted by Gasteiger charge is -2.32. The van der Waals surface area contributed by atoms with Crippen molar-refractivity contribution in [2.45, 2.75) is 56.4 Å². The number of hydrogen-bond acceptors (Lipinski definition) is 4. The van der Waals surface area contributed by atoms with E-state index in [4.69, 9.17) is 4.74 Å². The van der Waals surface area contributed by atoms with Crippen molar-refractivity contribution in [1.29, 1.82) is 0 Å². The number of ketones is 1. The molecular formula is C18H25NO4S. The normalized spacial score (nSPS) is 25.8. The van der Waals surface area contributed by atoms with Gasteiger partial charge in [0.1, 0.15) is 11.5 Å². The van der Waals surface area contributed by atoms with E-state index in [-0.39, 0.29) is 22.6 Å². The Morgan fingerprint density at radius 1 is 1.17 bits per heavy atom. The van der Waals surface area contributed by atoms with Crippen LogP contribution in [-0.4, -0.2) is 38.2 Å². The van der Waals surface area contributed by atoms with Crippen LogP contribution in [-0.2, 0) is 14.8 Å². The summed E-state index contributed by atoms with van der Waals surface area (Å²) in [7, 11) is -2.01. The maximum Gasteiger partial charge on any atom is 0.243 e. The van der Waals surface area contributed by atoms with Gasteiger partial charge in [0.2, 0.25) is 10.0 Å². The largest absolute Gasteiger partial charge is 0.496 e. The minimum atomic E-state index is -3.58. The number of ether oxygens (including phenoxy) is 1. The van der Waals surface area contributed by atoms with E-state index in [2.05, 4.69) is 0 Å². The van der Waals surface area contributed by atoms with Gasteiger partial charge in [0.25, 0.3) is 0 Å². The molecule has 2 fully saturated rings. The van der Waals surface area contributed by atoms with Crippen LogP contribution in [0, 0.1) is 12.8 Å². The molecule has 1 heterocycles. The van der Waals surface area contributed by atoms with E-state index in [9.17, 15) is 13.2 Å². The van der Waals surface area contributed by atoms with Crippen molar-refractivity contribution in [3.63, 3.8) is 0 Å². The standard InChI is InChI=1S/C18H25NO4S/c1-13-12-14(9-10-18(13)23-2)24(21,22)19-11-5-7-16(19)15-6-3-4-8-17(15)20/h9-10,12,15-16H,3-8,11H2,1-2H3/t15-,16+/m0/s1. The van der Waals surface area contributed by atoms with Gasteiger partial charge in [0.05, 0.1) is 12.0 Å². The van der Waals surface area contributed by atoms with Gasteiger partial charge in [-0.05, 0) is 56.4 Å². The van der Waals surface area contributed by atoms with Crippen molar-refractivity contribution >= 4 is 15.8 Å². The van der Waals surface area contributed by atoms with Crippen LogP contribution < -0.4 is 4.74 Å². The molecule has 0 N–H and O–H groups in total. The van der Waals surface area contributed by atoms with Crippen molar-refractivity contribution in [2.75, 3.05) is 13.7 Å². The molecular weight excluding hydrogens is 326 g/mol. The van der Waals surface area contributed by atoms with Crippen LogP contribution in [0.2, 0.25) is 0 Å². The molecule has 1 aliphatic carbocycles. The number of methoxy groups -OCH3 is 1. The molecule has 1 aliphatic heterocycles. The van der Waals surface area contributed by atoms with Gasteiger partial charge in [0, 0.05) is 24.9 Å². The van der Waals surface area contributed by atoms with Gasteiger partial charge in [-0.3, -0.25) is 4.79 Å². The van der Waals surface area contributed by atoms with Gasteiger partial charge in [-0.1, -0.05) is 6.42 Å². The molecule has 6 heteroatoms. The van der Waals surface area contributed by atoms with Crippen LogP contribution in [0.4, 0.5) is 0 Å². The maximum absolute atomic E-state index is 13.1. The summed E-state index contributed by atoms with van der Waals surface area (Å²) in [6.07, 6.45) is 4.97. The molecule has 1 aromatic carbocycles. The van der Waals surface area contributed by atoms with Crippen LogP contribution in [0.15, 0.2) is 23.1 Å². The van der Waals surface area contributed by atoms with E-state index >= 15 is 0 Å². The Morgan fingerprint density at radius 2 is 1.96 bits per heavy atom. The third-order valence-corrected chi connectivity index (χ3v) is 7.21. The first-order valence-electron chi connectivity index (χ1n) is 8.64. The average molecular weight is 351 g/mol. The molecule has 0 aromatic heterocycles. The predicted octanol–water partition coefficient (Wildman–Crippen LogP) is 2.92. The van der Waals surface area contributed by atoms with Gasteiger partial charge < -0.3 is 4.74 Å². The van der Waals surface area contributed by atoms with E-state index in [1.807, 2.05) is 6.92 Å². The van der Waals surface area contributed by atoms with Crippen molar-refractivity contribution < 1.29 is 17.9 Å². The van der Waals surface area contributed by atoms with Gasteiger partial charge in [-0.2, -0.15) is 4.31 Å². The second-order valence-electron chi connectivity index (χ2n) is 6.78. The molecule has 2 aliphatic rings. The maximum atomic E-state index is 13.1. The number of carbonyl (C=O) groups excluding carboxylic acids is 1. The Bertz CT molecular complexity index is 729. The quantitative estimate of drug-likeness (QED) is 0.837. The molecule has 3 rings (SSSR count). The minimum Gasteiger partial charge on any atom is -0.496 e. The van der Waals surface area contributed by atoms with Crippen LogP contribution in [0.5, 0.6) is 5.75 Å². The van der Waals surface area contributed by atoms with Crippen LogP contribution in [0.3, 0.4) is 0 Å². The molecule has 24 heavy (non-hydrogen) atoms. The first-order valence-corrected chi connectivity index (χ1v) is 10.1. The fourth-order valence-electron chi connectivity index (χ4n) is 4.03. The molecule has 132 valence electrons. The highest BCUT2D eigenvalue weighted by Crippen LogP contribution is 2.36. The van der Waals surface area contributed by atoms with Crippen molar-refractivity contribution in [2.24, 2.45) is 5.92 Å². The average Bonchev–Trinajstić information content (AvgIpc) is 3.05. The van der Waals surface area contributed by atoms with E-state index in [1.165, 1.54) is 0 Å². The molecule has 5 nitrogen and oxygen atoms in total. The van der Waals surface area contributed by atoms with Crippen LogP contribution >= 0.6 is 0 Å². The summed E-state index contributed by atoms with van der Waals surface area (Å²) in [6.45, 7) is 2.34.